The summed E-state index contributed by atoms with van der Waals surface area (Å²) in [4.78, 5) is 49.9. The SMILES string of the molecule is CC(C)CC(NC(=O)C(CS)NC(=O)C(Cc1ccccc1)NC(=O)C1CCCN1)C(=O)O. The Balaban J connectivity index is 2.09. The molecule has 0 aliphatic carbocycles. The van der Waals surface area contributed by atoms with Crippen LogP contribution in [0.1, 0.15) is 38.7 Å². The average molecular weight is 479 g/mol. The van der Waals surface area contributed by atoms with Crippen molar-refractivity contribution in [2.24, 2.45) is 5.92 Å². The molecule has 0 spiro atoms. The van der Waals surface area contributed by atoms with Crippen molar-refractivity contribution in [1.82, 2.24) is 21.3 Å². The fourth-order valence-corrected chi connectivity index (χ4v) is 3.93. The third-order valence-electron chi connectivity index (χ3n) is 5.43. The van der Waals surface area contributed by atoms with Crippen molar-refractivity contribution in [2.75, 3.05) is 12.3 Å². The van der Waals surface area contributed by atoms with Crippen LogP contribution in [0.3, 0.4) is 0 Å². The maximum atomic E-state index is 13.1. The van der Waals surface area contributed by atoms with Gasteiger partial charge in [-0.15, -0.1) is 0 Å². The van der Waals surface area contributed by atoms with Crippen LogP contribution in [0.4, 0.5) is 0 Å². The molecule has 3 amide bonds. The van der Waals surface area contributed by atoms with E-state index in [1.807, 2.05) is 44.2 Å². The van der Waals surface area contributed by atoms with Gasteiger partial charge in [0.15, 0.2) is 0 Å². The summed E-state index contributed by atoms with van der Waals surface area (Å²) in [6.45, 7) is 4.46. The van der Waals surface area contributed by atoms with Crippen LogP contribution in [0.25, 0.3) is 0 Å². The lowest BCUT2D eigenvalue weighted by Crippen LogP contribution is -2.58. The zero-order chi connectivity index (χ0) is 24.4. The van der Waals surface area contributed by atoms with Crippen LogP contribution in [0, 0.1) is 5.92 Å². The Morgan fingerprint density at radius 1 is 1.03 bits per heavy atom. The molecule has 182 valence electrons. The Morgan fingerprint density at radius 2 is 1.67 bits per heavy atom. The van der Waals surface area contributed by atoms with E-state index in [1.165, 1.54) is 0 Å². The Hall–Kier alpha value is -2.59. The molecule has 1 aliphatic heterocycles. The molecule has 1 aromatic rings. The minimum atomic E-state index is -1.14. The lowest BCUT2D eigenvalue weighted by molar-refractivity contribution is -0.142. The molecule has 0 bridgehead atoms. The van der Waals surface area contributed by atoms with Gasteiger partial charge in [-0.2, -0.15) is 12.6 Å². The van der Waals surface area contributed by atoms with Gasteiger partial charge in [0.25, 0.3) is 0 Å². The van der Waals surface area contributed by atoms with Gasteiger partial charge < -0.3 is 26.4 Å². The van der Waals surface area contributed by atoms with Crippen LogP contribution < -0.4 is 21.3 Å². The molecule has 1 heterocycles. The molecule has 0 aromatic heterocycles. The molecule has 5 N–H and O–H groups in total. The highest BCUT2D eigenvalue weighted by molar-refractivity contribution is 7.80. The summed E-state index contributed by atoms with van der Waals surface area (Å²) < 4.78 is 0. The van der Waals surface area contributed by atoms with E-state index in [2.05, 4.69) is 33.9 Å². The lowest BCUT2D eigenvalue weighted by Gasteiger charge is -2.25. The van der Waals surface area contributed by atoms with Crippen LogP contribution in [-0.2, 0) is 25.6 Å². The molecule has 4 atom stereocenters. The first kappa shape index (κ1) is 26.7. The molecule has 4 unspecified atom stereocenters. The lowest BCUT2D eigenvalue weighted by atomic mass is 10.0. The molecule has 1 fully saturated rings. The van der Waals surface area contributed by atoms with Crippen molar-refractivity contribution in [3.05, 3.63) is 35.9 Å². The maximum Gasteiger partial charge on any atom is 0.326 e. The first-order chi connectivity index (χ1) is 15.7. The number of amides is 3. The van der Waals surface area contributed by atoms with E-state index in [0.29, 0.717) is 6.42 Å². The van der Waals surface area contributed by atoms with Gasteiger partial charge in [-0.1, -0.05) is 44.2 Å². The van der Waals surface area contributed by atoms with Crippen LogP contribution >= 0.6 is 12.6 Å². The third kappa shape index (κ3) is 8.70. The van der Waals surface area contributed by atoms with Gasteiger partial charge in [-0.25, -0.2) is 4.79 Å². The second-order valence-electron chi connectivity index (χ2n) is 8.67. The summed E-state index contributed by atoms with van der Waals surface area (Å²) in [5.74, 6) is -2.53. The third-order valence-corrected chi connectivity index (χ3v) is 5.79. The number of carbonyl (C=O) groups excluding carboxylic acids is 3. The Labute approximate surface area is 199 Å². The Kier molecular flexibility index (Phi) is 10.7. The van der Waals surface area contributed by atoms with Crippen LogP contribution in [0.2, 0.25) is 0 Å². The van der Waals surface area contributed by atoms with Crippen LogP contribution in [-0.4, -0.2) is 65.3 Å². The summed E-state index contributed by atoms with van der Waals surface area (Å²) in [5, 5.41) is 20.4. The molecule has 1 aliphatic rings. The van der Waals surface area contributed by atoms with E-state index >= 15 is 0 Å². The number of hydrogen-bond donors (Lipinski definition) is 6. The first-order valence-electron chi connectivity index (χ1n) is 11.2. The van der Waals surface area contributed by atoms with E-state index in [4.69, 9.17) is 0 Å². The van der Waals surface area contributed by atoms with E-state index in [1.54, 1.807) is 0 Å². The summed E-state index contributed by atoms with van der Waals surface area (Å²) in [6.07, 6.45) is 2.09. The molecule has 0 saturated carbocycles. The topological polar surface area (TPSA) is 137 Å². The Bertz CT molecular complexity index is 814. The predicted molar refractivity (Wildman–Crippen MR) is 128 cm³/mol. The highest BCUT2D eigenvalue weighted by atomic mass is 32.1. The standard InChI is InChI=1S/C23H34N4O5S/c1-14(2)11-18(23(31)32)26-22(30)19(13-33)27-21(29)17(12-15-7-4-3-5-8-15)25-20(28)16-9-6-10-24-16/h3-5,7-8,14,16-19,24,33H,6,9-13H2,1-2H3,(H,25,28)(H,26,30)(H,27,29)(H,31,32). The van der Waals surface area contributed by atoms with E-state index in [9.17, 15) is 24.3 Å². The van der Waals surface area contributed by atoms with E-state index < -0.39 is 35.9 Å². The number of aliphatic carboxylic acids is 1. The number of nitrogens with one attached hydrogen (secondary N) is 4. The largest absolute Gasteiger partial charge is 0.480 e. The van der Waals surface area contributed by atoms with Crippen molar-refractivity contribution >= 4 is 36.3 Å². The zero-order valence-corrected chi connectivity index (χ0v) is 19.9. The smallest absolute Gasteiger partial charge is 0.326 e. The number of rotatable bonds is 12. The molecule has 33 heavy (non-hydrogen) atoms. The zero-order valence-electron chi connectivity index (χ0n) is 19.0. The molecular formula is C23H34N4O5S. The van der Waals surface area contributed by atoms with Gasteiger partial charge in [0.2, 0.25) is 17.7 Å². The van der Waals surface area contributed by atoms with Crippen LogP contribution in [0.15, 0.2) is 30.3 Å². The van der Waals surface area contributed by atoms with Crippen molar-refractivity contribution in [1.29, 1.82) is 0 Å². The minimum Gasteiger partial charge on any atom is -0.480 e. The number of carboxylic acid groups (broad SMARTS) is 1. The number of carbonyl (C=O) groups is 4. The van der Waals surface area contributed by atoms with Gasteiger partial charge in [-0.05, 0) is 37.3 Å². The van der Waals surface area contributed by atoms with E-state index in [-0.39, 0.29) is 36.5 Å². The molecule has 10 heteroatoms. The van der Waals surface area contributed by atoms with Crippen molar-refractivity contribution in [3.63, 3.8) is 0 Å². The molecule has 2 rings (SSSR count). The molecule has 1 saturated heterocycles. The second-order valence-corrected chi connectivity index (χ2v) is 9.04. The maximum absolute atomic E-state index is 13.1. The summed E-state index contributed by atoms with van der Waals surface area (Å²) in [6, 6.07) is 5.89. The number of benzene rings is 1. The predicted octanol–water partition coefficient (Wildman–Crippen LogP) is 0.496. The van der Waals surface area contributed by atoms with Gasteiger partial charge in [0.05, 0.1) is 6.04 Å². The molecule has 0 radical (unpaired) electrons. The number of hydrogen-bond acceptors (Lipinski definition) is 6. The van der Waals surface area contributed by atoms with Gasteiger partial charge in [0.1, 0.15) is 18.1 Å². The van der Waals surface area contributed by atoms with Gasteiger partial charge in [-0.3, -0.25) is 14.4 Å². The fraction of sp³-hybridized carbons (Fsp3) is 0.565. The summed E-state index contributed by atoms with van der Waals surface area (Å²) >= 11 is 4.16. The van der Waals surface area contributed by atoms with Gasteiger partial charge in [0, 0.05) is 12.2 Å². The molecular weight excluding hydrogens is 444 g/mol. The normalized spacial score (nSPS) is 18.2. The monoisotopic (exact) mass is 478 g/mol. The number of carboxylic acids is 1. The highest BCUT2D eigenvalue weighted by Gasteiger charge is 2.31. The van der Waals surface area contributed by atoms with Gasteiger partial charge >= 0.3 is 5.97 Å². The Morgan fingerprint density at radius 3 is 2.21 bits per heavy atom. The van der Waals surface area contributed by atoms with Crippen LogP contribution in [0.5, 0.6) is 0 Å². The fourth-order valence-electron chi connectivity index (χ4n) is 3.67. The van der Waals surface area contributed by atoms with Crippen molar-refractivity contribution in [2.45, 2.75) is 63.7 Å². The molecule has 9 nitrogen and oxygen atoms in total. The first-order valence-corrected chi connectivity index (χ1v) is 11.9. The highest BCUT2D eigenvalue weighted by Crippen LogP contribution is 2.09. The van der Waals surface area contributed by atoms with E-state index in [0.717, 1.165) is 18.5 Å². The number of thiol groups is 1. The second kappa shape index (κ2) is 13.2. The minimum absolute atomic E-state index is 0.0260. The molecule has 1 aromatic carbocycles. The van der Waals surface area contributed by atoms with Crippen molar-refractivity contribution in [3.8, 4) is 0 Å². The summed E-state index contributed by atoms with van der Waals surface area (Å²) in [7, 11) is 0. The average Bonchev–Trinajstić information content (AvgIpc) is 3.31. The van der Waals surface area contributed by atoms with Crippen molar-refractivity contribution < 1.29 is 24.3 Å². The quantitative estimate of drug-likeness (QED) is 0.242. The summed E-state index contributed by atoms with van der Waals surface area (Å²) in [5.41, 5.74) is 0.854.